The van der Waals surface area contributed by atoms with Crippen LogP contribution >= 0.6 is 0 Å². The van der Waals surface area contributed by atoms with Crippen LogP contribution in [0.5, 0.6) is 0 Å². The van der Waals surface area contributed by atoms with Crippen molar-refractivity contribution in [2.24, 2.45) is 11.8 Å². The second-order valence-corrected chi connectivity index (χ2v) is 19.5. The summed E-state index contributed by atoms with van der Waals surface area (Å²) in [5.74, 6) is 0.842. The molecule has 0 aromatic carbocycles. The molecule has 0 saturated carbocycles. The Bertz CT molecular complexity index is 916. The molecule has 0 rings (SSSR count). The normalized spacial score (nSPS) is 12.1. The average molecular weight is 849 g/mol. The first kappa shape index (κ1) is 58.4. The van der Waals surface area contributed by atoms with Crippen molar-refractivity contribution in [2.45, 2.75) is 304 Å². The highest BCUT2D eigenvalue weighted by molar-refractivity contribution is 5.71. The van der Waals surface area contributed by atoms with E-state index in [0.717, 1.165) is 69.6 Å². The van der Waals surface area contributed by atoms with Crippen molar-refractivity contribution >= 4 is 17.9 Å². The van der Waals surface area contributed by atoms with Crippen molar-refractivity contribution < 1.29 is 28.6 Å². The fourth-order valence-corrected chi connectivity index (χ4v) is 8.17. The van der Waals surface area contributed by atoms with Gasteiger partial charge in [0.15, 0.2) is 6.10 Å². The summed E-state index contributed by atoms with van der Waals surface area (Å²) in [7, 11) is 0. The topological polar surface area (TPSA) is 78.9 Å². The summed E-state index contributed by atoms with van der Waals surface area (Å²) >= 11 is 0. The van der Waals surface area contributed by atoms with Crippen LogP contribution in [0.3, 0.4) is 0 Å². The zero-order valence-electron chi connectivity index (χ0n) is 41.1. The summed E-state index contributed by atoms with van der Waals surface area (Å²) in [6, 6.07) is 0. The highest BCUT2D eigenvalue weighted by atomic mass is 16.6. The molecule has 0 unspecified atom stereocenters. The Morgan fingerprint density at radius 3 is 0.817 bits per heavy atom. The van der Waals surface area contributed by atoms with Gasteiger partial charge in [0.05, 0.1) is 0 Å². The third-order valence-electron chi connectivity index (χ3n) is 12.2. The fraction of sp³-hybridized carbons (Fsp3) is 0.944. The van der Waals surface area contributed by atoms with Gasteiger partial charge in [0.25, 0.3) is 0 Å². The molecule has 0 aromatic rings. The quantitative estimate of drug-likeness (QED) is 0.0345. The number of ether oxygens (including phenoxy) is 3. The van der Waals surface area contributed by atoms with Crippen LogP contribution in [0.2, 0.25) is 0 Å². The number of rotatable bonds is 48. The first-order chi connectivity index (χ1) is 29.2. The number of esters is 3. The Hall–Kier alpha value is -1.59. The predicted molar refractivity (Wildman–Crippen MR) is 256 cm³/mol. The van der Waals surface area contributed by atoms with E-state index in [4.69, 9.17) is 14.2 Å². The first-order valence-electron chi connectivity index (χ1n) is 26.7. The van der Waals surface area contributed by atoms with Crippen LogP contribution in [0, 0.1) is 11.8 Å². The zero-order valence-corrected chi connectivity index (χ0v) is 41.1. The number of carbonyl (C=O) groups excluding carboxylic acids is 3. The van der Waals surface area contributed by atoms with E-state index in [1.165, 1.54) is 186 Å². The van der Waals surface area contributed by atoms with E-state index < -0.39 is 6.10 Å². The summed E-state index contributed by atoms with van der Waals surface area (Å²) in [6.45, 7) is 11.4. The Kier molecular flexibility index (Phi) is 45.7. The van der Waals surface area contributed by atoms with Gasteiger partial charge in [-0.05, 0) is 31.1 Å². The van der Waals surface area contributed by atoms with Crippen molar-refractivity contribution in [2.75, 3.05) is 13.2 Å². The molecule has 0 fully saturated rings. The lowest BCUT2D eigenvalue weighted by Crippen LogP contribution is -2.30. The molecule has 0 heterocycles. The van der Waals surface area contributed by atoms with Gasteiger partial charge in [0.2, 0.25) is 0 Å². The molecule has 0 aliphatic rings. The van der Waals surface area contributed by atoms with E-state index in [1.807, 2.05) is 0 Å². The fourth-order valence-electron chi connectivity index (χ4n) is 8.17. The highest BCUT2D eigenvalue weighted by Gasteiger charge is 2.19. The first-order valence-corrected chi connectivity index (χ1v) is 26.7. The molecule has 0 amide bonds. The van der Waals surface area contributed by atoms with E-state index in [-0.39, 0.29) is 31.1 Å². The second kappa shape index (κ2) is 46.9. The number of carbonyl (C=O) groups is 3. The minimum atomic E-state index is -0.760. The molecule has 0 spiro atoms. The van der Waals surface area contributed by atoms with Crippen LogP contribution in [0.4, 0.5) is 0 Å². The minimum Gasteiger partial charge on any atom is -0.462 e. The maximum Gasteiger partial charge on any atom is 0.306 e. The van der Waals surface area contributed by atoms with E-state index >= 15 is 0 Å². The van der Waals surface area contributed by atoms with Gasteiger partial charge in [0.1, 0.15) is 13.2 Å². The lowest BCUT2D eigenvalue weighted by atomic mass is 10.0. The molecule has 0 aliphatic heterocycles. The molecule has 0 aromatic heterocycles. The Balaban J connectivity index is 4.13. The summed E-state index contributed by atoms with van der Waals surface area (Å²) in [5, 5.41) is 0. The van der Waals surface area contributed by atoms with Crippen LogP contribution in [0.15, 0.2) is 0 Å². The SMILES string of the molecule is CCCCCCCCCC(=O)O[C@@H](COC(=O)CCCCCCCCCCCCCCCCCC(C)C)COC(=O)CCCCCCCCCCCCCCCCC(C)C. The number of hydrogen-bond acceptors (Lipinski definition) is 6. The molecular formula is C54H104O6. The maximum atomic E-state index is 12.7. The molecule has 0 bridgehead atoms. The molecule has 60 heavy (non-hydrogen) atoms. The summed E-state index contributed by atoms with van der Waals surface area (Å²) < 4.78 is 16.8. The number of hydrogen-bond donors (Lipinski definition) is 0. The predicted octanol–water partition coefficient (Wildman–Crippen LogP) is 17.3. The van der Waals surface area contributed by atoms with Crippen molar-refractivity contribution in [3.63, 3.8) is 0 Å². The third-order valence-corrected chi connectivity index (χ3v) is 12.2. The molecule has 0 saturated heterocycles. The van der Waals surface area contributed by atoms with E-state index in [0.29, 0.717) is 19.3 Å². The Labute approximate surface area is 374 Å². The van der Waals surface area contributed by atoms with Gasteiger partial charge < -0.3 is 14.2 Å². The van der Waals surface area contributed by atoms with Gasteiger partial charge in [0, 0.05) is 19.3 Å². The molecule has 0 radical (unpaired) electrons. The summed E-state index contributed by atoms with van der Waals surface area (Å²) in [6.07, 6.45) is 48.2. The van der Waals surface area contributed by atoms with Crippen LogP contribution < -0.4 is 0 Å². The van der Waals surface area contributed by atoms with Crippen molar-refractivity contribution in [3.8, 4) is 0 Å². The van der Waals surface area contributed by atoms with Crippen molar-refractivity contribution in [1.29, 1.82) is 0 Å². The zero-order chi connectivity index (χ0) is 44.0. The monoisotopic (exact) mass is 849 g/mol. The molecule has 6 heteroatoms. The Morgan fingerprint density at radius 2 is 0.550 bits per heavy atom. The van der Waals surface area contributed by atoms with E-state index in [1.54, 1.807) is 0 Å². The van der Waals surface area contributed by atoms with Gasteiger partial charge in [-0.25, -0.2) is 0 Å². The standard InChI is InChI=1S/C54H104O6/c1-6-7-8-9-27-36-41-46-54(57)60-51(48-59-53(56)45-40-35-31-26-22-18-14-13-16-20-24-29-33-38-43-50(4)5)47-58-52(55)44-39-34-30-25-21-17-12-10-11-15-19-23-28-32-37-42-49(2)3/h49-51H,6-48H2,1-5H3/t51-/m0/s1. The van der Waals surface area contributed by atoms with Gasteiger partial charge in [-0.2, -0.15) is 0 Å². The molecule has 1 atom stereocenters. The highest BCUT2D eigenvalue weighted by Crippen LogP contribution is 2.18. The summed E-state index contributed by atoms with van der Waals surface area (Å²) in [4.78, 5) is 37.8. The van der Waals surface area contributed by atoms with Gasteiger partial charge in [-0.3, -0.25) is 14.4 Å². The molecule has 6 nitrogen and oxygen atoms in total. The van der Waals surface area contributed by atoms with Crippen LogP contribution in [0.25, 0.3) is 0 Å². The van der Waals surface area contributed by atoms with Crippen LogP contribution in [0.1, 0.15) is 298 Å². The van der Waals surface area contributed by atoms with E-state index in [9.17, 15) is 14.4 Å². The summed E-state index contributed by atoms with van der Waals surface area (Å²) in [5.41, 5.74) is 0. The molecular weight excluding hydrogens is 745 g/mol. The van der Waals surface area contributed by atoms with Crippen molar-refractivity contribution in [3.05, 3.63) is 0 Å². The van der Waals surface area contributed by atoms with Gasteiger partial charge in [-0.15, -0.1) is 0 Å². The lowest BCUT2D eigenvalue weighted by molar-refractivity contribution is -0.167. The molecule has 0 N–H and O–H groups in total. The van der Waals surface area contributed by atoms with Gasteiger partial charge in [-0.1, -0.05) is 259 Å². The van der Waals surface area contributed by atoms with Gasteiger partial charge >= 0.3 is 17.9 Å². The lowest BCUT2D eigenvalue weighted by Gasteiger charge is -2.18. The number of unbranched alkanes of at least 4 members (excludes halogenated alkanes) is 33. The second-order valence-electron chi connectivity index (χ2n) is 19.5. The average Bonchev–Trinajstić information content (AvgIpc) is 3.22. The molecule has 356 valence electrons. The Morgan fingerprint density at radius 1 is 0.317 bits per heavy atom. The largest absolute Gasteiger partial charge is 0.462 e. The smallest absolute Gasteiger partial charge is 0.306 e. The maximum absolute atomic E-state index is 12.7. The van der Waals surface area contributed by atoms with Crippen molar-refractivity contribution in [1.82, 2.24) is 0 Å². The van der Waals surface area contributed by atoms with Crippen LogP contribution in [-0.2, 0) is 28.6 Å². The third kappa shape index (κ3) is 47.5. The van der Waals surface area contributed by atoms with E-state index in [2.05, 4.69) is 34.6 Å². The molecule has 0 aliphatic carbocycles. The van der Waals surface area contributed by atoms with Crippen LogP contribution in [-0.4, -0.2) is 37.2 Å². The minimum absolute atomic E-state index is 0.0639.